The molecule has 1 aromatic rings. The first-order valence-corrected chi connectivity index (χ1v) is 9.84. The highest BCUT2D eigenvalue weighted by atomic mass is 32.2. The summed E-state index contributed by atoms with van der Waals surface area (Å²) in [4.78, 5) is 18.3. The summed E-state index contributed by atoms with van der Waals surface area (Å²) in [6.45, 7) is 4.09. The van der Waals surface area contributed by atoms with Crippen LogP contribution in [0.2, 0.25) is 0 Å². The maximum absolute atomic E-state index is 12.3. The standard InChI is InChI=1S/C16H25N3O3S/c1-14-6-5-10-18(12-14)16(20)8-11-19(23(2,21)22)13-15-7-3-4-9-17-15/h3-4,7,9,14H,5-6,8,10-13H2,1-2H3. The average Bonchev–Trinajstić information content (AvgIpc) is 2.51. The lowest BCUT2D eigenvalue weighted by atomic mass is 10.00. The van der Waals surface area contributed by atoms with Gasteiger partial charge in [-0.2, -0.15) is 4.31 Å². The molecule has 0 aliphatic carbocycles. The third-order valence-electron chi connectivity index (χ3n) is 4.12. The predicted molar refractivity (Wildman–Crippen MR) is 89.1 cm³/mol. The molecule has 2 heterocycles. The summed E-state index contributed by atoms with van der Waals surface area (Å²) >= 11 is 0. The Balaban J connectivity index is 1.94. The third kappa shape index (κ3) is 5.58. The maximum Gasteiger partial charge on any atom is 0.223 e. The van der Waals surface area contributed by atoms with Crippen molar-refractivity contribution in [3.05, 3.63) is 30.1 Å². The molecular formula is C16H25N3O3S. The number of aromatic nitrogens is 1. The number of rotatable bonds is 6. The molecular weight excluding hydrogens is 314 g/mol. The van der Waals surface area contributed by atoms with Gasteiger partial charge in [0.05, 0.1) is 18.5 Å². The van der Waals surface area contributed by atoms with Crippen molar-refractivity contribution in [2.24, 2.45) is 5.92 Å². The van der Waals surface area contributed by atoms with Crippen LogP contribution in [0.3, 0.4) is 0 Å². The van der Waals surface area contributed by atoms with E-state index in [1.54, 1.807) is 18.3 Å². The highest BCUT2D eigenvalue weighted by Gasteiger charge is 2.23. The average molecular weight is 339 g/mol. The van der Waals surface area contributed by atoms with Crippen molar-refractivity contribution in [1.29, 1.82) is 0 Å². The molecule has 6 nitrogen and oxygen atoms in total. The predicted octanol–water partition coefficient (Wildman–Crippen LogP) is 1.49. The van der Waals surface area contributed by atoms with Crippen LogP contribution < -0.4 is 0 Å². The van der Waals surface area contributed by atoms with Gasteiger partial charge < -0.3 is 4.90 Å². The highest BCUT2D eigenvalue weighted by molar-refractivity contribution is 7.88. The summed E-state index contributed by atoms with van der Waals surface area (Å²) in [7, 11) is -3.38. The summed E-state index contributed by atoms with van der Waals surface area (Å²) < 4.78 is 25.2. The number of carbonyl (C=O) groups is 1. The van der Waals surface area contributed by atoms with Crippen molar-refractivity contribution in [1.82, 2.24) is 14.2 Å². The Morgan fingerprint density at radius 1 is 1.43 bits per heavy atom. The van der Waals surface area contributed by atoms with Gasteiger partial charge in [-0.25, -0.2) is 8.42 Å². The summed E-state index contributed by atoms with van der Waals surface area (Å²) in [5.41, 5.74) is 0.678. The fraction of sp³-hybridized carbons (Fsp3) is 0.625. The van der Waals surface area contributed by atoms with Crippen molar-refractivity contribution in [2.45, 2.75) is 32.7 Å². The summed E-state index contributed by atoms with van der Waals surface area (Å²) in [5.74, 6) is 0.554. The minimum absolute atomic E-state index is 0.0335. The lowest BCUT2D eigenvalue weighted by Crippen LogP contribution is -2.41. The van der Waals surface area contributed by atoms with E-state index in [1.807, 2.05) is 11.0 Å². The van der Waals surface area contributed by atoms with Crippen molar-refractivity contribution < 1.29 is 13.2 Å². The molecule has 7 heteroatoms. The monoisotopic (exact) mass is 339 g/mol. The van der Waals surface area contributed by atoms with Crippen LogP contribution in [0.15, 0.2) is 24.4 Å². The smallest absolute Gasteiger partial charge is 0.223 e. The molecule has 0 N–H and O–H groups in total. The molecule has 1 amide bonds. The molecule has 0 spiro atoms. The SMILES string of the molecule is CC1CCCN(C(=O)CCN(Cc2ccccn2)S(C)(=O)=O)C1. The van der Waals surface area contributed by atoms with E-state index in [4.69, 9.17) is 0 Å². The molecule has 23 heavy (non-hydrogen) atoms. The lowest BCUT2D eigenvalue weighted by molar-refractivity contribution is -0.133. The zero-order chi connectivity index (χ0) is 16.9. The van der Waals surface area contributed by atoms with E-state index in [1.165, 1.54) is 10.6 Å². The zero-order valence-electron chi connectivity index (χ0n) is 13.8. The first-order chi connectivity index (χ1) is 10.9. The van der Waals surface area contributed by atoms with Crippen LogP contribution in [0.1, 0.15) is 31.9 Å². The van der Waals surface area contributed by atoms with Gasteiger partial charge >= 0.3 is 0 Å². The molecule has 1 unspecified atom stereocenters. The normalized spacial score (nSPS) is 19.1. The molecule has 0 radical (unpaired) electrons. The largest absolute Gasteiger partial charge is 0.342 e. The number of hydrogen-bond acceptors (Lipinski definition) is 4. The molecule has 1 aliphatic heterocycles. The van der Waals surface area contributed by atoms with Crippen LogP contribution in [0.4, 0.5) is 0 Å². The first-order valence-electron chi connectivity index (χ1n) is 7.99. The number of nitrogens with zero attached hydrogens (tertiary/aromatic N) is 3. The second-order valence-corrected chi connectivity index (χ2v) is 8.24. The van der Waals surface area contributed by atoms with E-state index in [0.717, 1.165) is 25.9 Å². The second-order valence-electron chi connectivity index (χ2n) is 6.25. The Morgan fingerprint density at radius 3 is 2.83 bits per heavy atom. The molecule has 1 atom stereocenters. The number of carbonyl (C=O) groups excluding carboxylic acids is 1. The first kappa shape index (κ1) is 17.9. The minimum Gasteiger partial charge on any atom is -0.342 e. The quantitative estimate of drug-likeness (QED) is 0.787. The van der Waals surface area contributed by atoms with E-state index >= 15 is 0 Å². The summed E-state index contributed by atoms with van der Waals surface area (Å²) in [5, 5.41) is 0. The van der Waals surface area contributed by atoms with Crippen LogP contribution in [0.25, 0.3) is 0 Å². The molecule has 1 aliphatic rings. The van der Waals surface area contributed by atoms with Crippen molar-refractivity contribution >= 4 is 15.9 Å². The van der Waals surface area contributed by atoms with Crippen molar-refractivity contribution in [3.63, 3.8) is 0 Å². The summed E-state index contributed by atoms with van der Waals surface area (Å²) in [6, 6.07) is 5.39. The van der Waals surface area contributed by atoms with E-state index in [9.17, 15) is 13.2 Å². The van der Waals surface area contributed by atoms with Gasteiger partial charge in [-0.05, 0) is 30.9 Å². The zero-order valence-corrected chi connectivity index (χ0v) is 14.6. The van der Waals surface area contributed by atoms with Gasteiger partial charge in [0, 0.05) is 32.3 Å². The van der Waals surface area contributed by atoms with E-state index in [0.29, 0.717) is 11.6 Å². The van der Waals surface area contributed by atoms with E-state index in [2.05, 4.69) is 11.9 Å². The number of pyridine rings is 1. The lowest BCUT2D eigenvalue weighted by Gasteiger charge is -2.31. The number of sulfonamides is 1. The molecule has 128 valence electrons. The van der Waals surface area contributed by atoms with Crippen LogP contribution in [-0.2, 0) is 21.4 Å². The number of hydrogen-bond donors (Lipinski definition) is 0. The molecule has 1 fully saturated rings. The fourth-order valence-corrected chi connectivity index (χ4v) is 3.62. The Bertz CT molecular complexity index is 619. The molecule has 1 aromatic heterocycles. The van der Waals surface area contributed by atoms with E-state index < -0.39 is 10.0 Å². The molecule has 1 saturated heterocycles. The Hall–Kier alpha value is -1.47. The van der Waals surface area contributed by atoms with Gasteiger partial charge in [-0.15, -0.1) is 0 Å². The topological polar surface area (TPSA) is 70.6 Å². The van der Waals surface area contributed by atoms with Gasteiger partial charge in [0.1, 0.15) is 0 Å². The third-order valence-corrected chi connectivity index (χ3v) is 5.37. The van der Waals surface area contributed by atoms with Crippen LogP contribution in [0, 0.1) is 5.92 Å². The van der Waals surface area contributed by atoms with Gasteiger partial charge in [0.2, 0.25) is 15.9 Å². The fourth-order valence-electron chi connectivity index (χ4n) is 2.83. The summed E-state index contributed by atoms with van der Waals surface area (Å²) in [6.07, 6.45) is 5.20. The molecule has 2 rings (SSSR count). The van der Waals surface area contributed by atoms with Gasteiger partial charge in [0.25, 0.3) is 0 Å². The van der Waals surface area contributed by atoms with Crippen molar-refractivity contribution in [3.8, 4) is 0 Å². The highest BCUT2D eigenvalue weighted by Crippen LogP contribution is 2.16. The van der Waals surface area contributed by atoms with Crippen molar-refractivity contribution in [2.75, 3.05) is 25.9 Å². The molecule has 0 bridgehead atoms. The number of likely N-dealkylation sites (tertiary alicyclic amines) is 1. The van der Waals surface area contributed by atoms with Crippen LogP contribution in [0.5, 0.6) is 0 Å². The number of piperidine rings is 1. The molecule has 0 aromatic carbocycles. The second kappa shape index (κ2) is 7.88. The van der Waals surface area contributed by atoms with E-state index in [-0.39, 0.29) is 25.4 Å². The van der Waals surface area contributed by atoms with Gasteiger partial charge in [-0.3, -0.25) is 9.78 Å². The van der Waals surface area contributed by atoms with Crippen LogP contribution in [-0.4, -0.2) is 54.4 Å². The van der Waals surface area contributed by atoms with Gasteiger partial charge in [-0.1, -0.05) is 13.0 Å². The Labute approximate surface area is 138 Å². The Morgan fingerprint density at radius 2 is 2.22 bits per heavy atom. The van der Waals surface area contributed by atoms with Crippen LogP contribution >= 0.6 is 0 Å². The maximum atomic E-state index is 12.3. The molecule has 0 saturated carbocycles. The minimum atomic E-state index is -3.38. The number of amides is 1. The Kier molecular flexibility index (Phi) is 6.12. The van der Waals surface area contributed by atoms with Gasteiger partial charge in [0.15, 0.2) is 0 Å².